The zero-order chi connectivity index (χ0) is 14.8. The largest absolute Gasteiger partial charge is 0.493 e. The molecule has 0 fully saturated rings. The summed E-state index contributed by atoms with van der Waals surface area (Å²) in [5.41, 5.74) is 0.812. The van der Waals surface area contributed by atoms with Crippen molar-refractivity contribution in [2.75, 3.05) is 6.61 Å². The molecule has 3 nitrogen and oxygen atoms in total. The fourth-order valence-corrected chi connectivity index (χ4v) is 2.10. The highest BCUT2D eigenvalue weighted by Gasteiger charge is 2.04. The lowest BCUT2D eigenvalue weighted by atomic mass is 10.1. The van der Waals surface area contributed by atoms with Gasteiger partial charge in [-0.2, -0.15) is 10.5 Å². The summed E-state index contributed by atoms with van der Waals surface area (Å²) in [4.78, 5) is 0. The number of nitriles is 2. The third kappa shape index (κ3) is 5.47. The Labute approximate surface area is 128 Å². The van der Waals surface area contributed by atoms with E-state index in [4.69, 9.17) is 15.3 Å². The van der Waals surface area contributed by atoms with Gasteiger partial charge in [-0.15, -0.1) is 0 Å². The summed E-state index contributed by atoms with van der Waals surface area (Å²) in [5.74, 6) is 0.702. The maximum absolute atomic E-state index is 8.83. The quantitative estimate of drug-likeness (QED) is 0.530. The van der Waals surface area contributed by atoms with E-state index in [0.29, 0.717) is 12.4 Å². The minimum Gasteiger partial charge on any atom is -0.493 e. The SMILES string of the molecule is CCCCCCOc1ccc(Br)cc1C=C(C#N)C#N. The fraction of sp³-hybridized carbons (Fsp3) is 0.375. The van der Waals surface area contributed by atoms with Crippen LogP contribution in [0.2, 0.25) is 0 Å². The average Bonchev–Trinajstić information content (AvgIpc) is 2.46. The van der Waals surface area contributed by atoms with E-state index in [0.717, 1.165) is 22.9 Å². The van der Waals surface area contributed by atoms with Crippen molar-refractivity contribution in [1.29, 1.82) is 10.5 Å². The average molecular weight is 333 g/mol. The first-order valence-electron chi connectivity index (χ1n) is 6.65. The van der Waals surface area contributed by atoms with Crippen LogP contribution in [0, 0.1) is 22.7 Å². The number of hydrogen-bond acceptors (Lipinski definition) is 3. The summed E-state index contributed by atoms with van der Waals surface area (Å²) in [5, 5.41) is 17.7. The zero-order valence-electron chi connectivity index (χ0n) is 11.5. The van der Waals surface area contributed by atoms with Gasteiger partial charge in [-0.1, -0.05) is 42.1 Å². The van der Waals surface area contributed by atoms with E-state index in [1.807, 2.05) is 30.3 Å². The Morgan fingerprint density at radius 3 is 2.65 bits per heavy atom. The molecule has 0 saturated heterocycles. The first-order chi connectivity index (χ1) is 9.71. The molecule has 0 aliphatic heterocycles. The maximum Gasteiger partial charge on any atom is 0.130 e. The summed E-state index contributed by atoms with van der Waals surface area (Å²) in [6.45, 7) is 2.82. The summed E-state index contributed by atoms with van der Waals surface area (Å²) in [6.07, 6.45) is 6.12. The highest BCUT2D eigenvalue weighted by molar-refractivity contribution is 9.10. The fourth-order valence-electron chi connectivity index (χ4n) is 1.72. The molecule has 1 aromatic rings. The van der Waals surface area contributed by atoms with Gasteiger partial charge < -0.3 is 4.74 Å². The van der Waals surface area contributed by atoms with Gasteiger partial charge in [-0.25, -0.2) is 0 Å². The Balaban J connectivity index is 2.79. The molecule has 0 aromatic heterocycles. The van der Waals surface area contributed by atoms with Crippen molar-refractivity contribution in [2.45, 2.75) is 32.6 Å². The van der Waals surface area contributed by atoms with Crippen molar-refractivity contribution in [3.63, 3.8) is 0 Å². The van der Waals surface area contributed by atoms with Crippen molar-refractivity contribution in [3.8, 4) is 17.9 Å². The van der Waals surface area contributed by atoms with Crippen molar-refractivity contribution in [3.05, 3.63) is 33.8 Å². The van der Waals surface area contributed by atoms with Gasteiger partial charge in [0.2, 0.25) is 0 Å². The van der Waals surface area contributed by atoms with Crippen LogP contribution >= 0.6 is 15.9 Å². The molecule has 1 aromatic carbocycles. The number of allylic oxidation sites excluding steroid dienone is 1. The van der Waals surface area contributed by atoms with Crippen molar-refractivity contribution in [2.24, 2.45) is 0 Å². The summed E-state index contributed by atoms with van der Waals surface area (Å²) in [6, 6.07) is 9.30. The minimum absolute atomic E-state index is 0.0685. The van der Waals surface area contributed by atoms with Crippen LogP contribution in [0.4, 0.5) is 0 Å². The number of benzene rings is 1. The topological polar surface area (TPSA) is 56.8 Å². The number of halogens is 1. The van der Waals surface area contributed by atoms with E-state index in [-0.39, 0.29) is 5.57 Å². The Morgan fingerprint density at radius 1 is 1.25 bits per heavy atom. The molecule has 0 aliphatic rings. The lowest BCUT2D eigenvalue weighted by molar-refractivity contribution is 0.304. The Morgan fingerprint density at radius 2 is 2.00 bits per heavy atom. The van der Waals surface area contributed by atoms with Gasteiger partial charge in [0.1, 0.15) is 23.5 Å². The molecular weight excluding hydrogens is 316 g/mol. The second kappa shape index (κ2) is 9.18. The van der Waals surface area contributed by atoms with Gasteiger partial charge in [-0.05, 0) is 30.7 Å². The second-order valence-corrected chi connectivity index (χ2v) is 5.29. The van der Waals surface area contributed by atoms with E-state index in [1.165, 1.54) is 12.8 Å². The smallest absolute Gasteiger partial charge is 0.130 e. The van der Waals surface area contributed by atoms with Crippen LogP contribution in [0.15, 0.2) is 28.2 Å². The van der Waals surface area contributed by atoms with Gasteiger partial charge in [0.25, 0.3) is 0 Å². The molecule has 0 N–H and O–H groups in total. The summed E-state index contributed by atoms with van der Waals surface area (Å²) < 4.78 is 6.63. The van der Waals surface area contributed by atoms with Gasteiger partial charge in [0.15, 0.2) is 0 Å². The number of rotatable bonds is 7. The van der Waals surface area contributed by atoms with Gasteiger partial charge >= 0.3 is 0 Å². The number of unbranched alkanes of at least 4 members (excludes halogenated alkanes) is 3. The molecule has 0 heterocycles. The number of hydrogen-bond donors (Lipinski definition) is 0. The Kier molecular flexibility index (Phi) is 7.47. The number of nitrogens with zero attached hydrogens (tertiary/aromatic N) is 2. The third-order valence-electron chi connectivity index (χ3n) is 2.77. The summed E-state index contributed by atoms with van der Waals surface area (Å²) >= 11 is 3.38. The minimum atomic E-state index is 0.0685. The second-order valence-electron chi connectivity index (χ2n) is 4.37. The molecule has 0 spiro atoms. The number of ether oxygens (including phenoxy) is 1. The van der Waals surface area contributed by atoms with Crippen LogP contribution in [0.25, 0.3) is 6.08 Å². The van der Waals surface area contributed by atoms with Crippen LogP contribution in [0.5, 0.6) is 5.75 Å². The van der Waals surface area contributed by atoms with E-state index in [2.05, 4.69) is 22.9 Å². The lowest BCUT2D eigenvalue weighted by Gasteiger charge is -2.09. The third-order valence-corrected chi connectivity index (χ3v) is 3.26. The highest BCUT2D eigenvalue weighted by Crippen LogP contribution is 2.25. The molecule has 0 aliphatic carbocycles. The van der Waals surface area contributed by atoms with Gasteiger partial charge in [-0.3, -0.25) is 0 Å². The molecule has 20 heavy (non-hydrogen) atoms. The molecule has 0 saturated carbocycles. The lowest BCUT2D eigenvalue weighted by Crippen LogP contribution is -1.99. The predicted octanol–water partition coefficient (Wildman–Crippen LogP) is 4.84. The van der Waals surface area contributed by atoms with Crippen LogP contribution in [0.1, 0.15) is 38.2 Å². The molecule has 0 amide bonds. The molecule has 104 valence electrons. The van der Waals surface area contributed by atoms with Crippen LogP contribution < -0.4 is 4.74 Å². The molecule has 0 atom stereocenters. The molecular formula is C16H17BrN2O. The van der Waals surface area contributed by atoms with Crippen LogP contribution in [-0.4, -0.2) is 6.61 Å². The molecule has 0 radical (unpaired) electrons. The van der Waals surface area contributed by atoms with Crippen LogP contribution in [-0.2, 0) is 0 Å². The van der Waals surface area contributed by atoms with Crippen LogP contribution in [0.3, 0.4) is 0 Å². The van der Waals surface area contributed by atoms with Crippen molar-refractivity contribution in [1.82, 2.24) is 0 Å². The standard InChI is InChI=1S/C16H17BrN2O/c1-2-3-4-5-8-20-16-7-6-15(17)10-14(16)9-13(11-18)12-19/h6-7,9-10H,2-5,8H2,1H3. The normalized spacial score (nSPS) is 9.40. The first kappa shape index (κ1) is 16.3. The monoisotopic (exact) mass is 332 g/mol. The van der Waals surface area contributed by atoms with Crippen molar-refractivity contribution < 1.29 is 4.74 Å². The van der Waals surface area contributed by atoms with E-state index in [1.54, 1.807) is 6.08 Å². The van der Waals surface area contributed by atoms with E-state index < -0.39 is 0 Å². The first-order valence-corrected chi connectivity index (χ1v) is 7.44. The molecule has 4 heteroatoms. The van der Waals surface area contributed by atoms with Gasteiger partial charge in [0, 0.05) is 10.0 Å². The maximum atomic E-state index is 8.83. The highest BCUT2D eigenvalue weighted by atomic mass is 79.9. The molecule has 1 rings (SSSR count). The van der Waals surface area contributed by atoms with Crippen molar-refractivity contribution >= 4 is 22.0 Å². The Hall–Kier alpha value is -1.78. The molecule has 0 unspecified atom stereocenters. The van der Waals surface area contributed by atoms with E-state index >= 15 is 0 Å². The Bertz CT molecular complexity index is 537. The predicted molar refractivity (Wildman–Crippen MR) is 83.0 cm³/mol. The summed E-state index contributed by atoms with van der Waals surface area (Å²) in [7, 11) is 0. The molecule has 0 bridgehead atoms. The van der Waals surface area contributed by atoms with Gasteiger partial charge in [0.05, 0.1) is 6.61 Å². The van der Waals surface area contributed by atoms with E-state index in [9.17, 15) is 0 Å². The zero-order valence-corrected chi connectivity index (χ0v) is 13.1.